The zero-order valence-corrected chi connectivity index (χ0v) is 18.6. The van der Waals surface area contributed by atoms with Crippen molar-refractivity contribution in [1.82, 2.24) is 9.88 Å². The van der Waals surface area contributed by atoms with E-state index >= 15 is 0 Å². The lowest BCUT2D eigenvalue weighted by molar-refractivity contribution is -0.165. The van der Waals surface area contributed by atoms with Gasteiger partial charge in [0.1, 0.15) is 5.75 Å². The van der Waals surface area contributed by atoms with Gasteiger partial charge in [0.25, 0.3) is 5.88 Å². The maximum Gasteiger partial charge on any atom is 0.345 e. The number of hydrogen-bond donors (Lipinski definition) is 3. The number of esters is 2. The number of nitrogens with zero attached hydrogens (tertiary/aromatic N) is 2. The molecule has 0 amide bonds. The van der Waals surface area contributed by atoms with Gasteiger partial charge in [-0.25, -0.2) is 14.6 Å². The Kier molecular flexibility index (Phi) is 5.76. The van der Waals surface area contributed by atoms with Crippen molar-refractivity contribution in [1.29, 1.82) is 0 Å². The highest BCUT2D eigenvalue weighted by molar-refractivity contribution is 5.93. The summed E-state index contributed by atoms with van der Waals surface area (Å²) in [5, 5.41) is 32.1. The molecular formula is C24H26N2O8. The molecule has 0 aliphatic carbocycles. The third-order valence-corrected chi connectivity index (χ3v) is 7.15. The Morgan fingerprint density at radius 2 is 1.97 bits per heavy atom. The summed E-state index contributed by atoms with van der Waals surface area (Å²) in [4.78, 5) is 31.3. The van der Waals surface area contributed by atoms with Gasteiger partial charge in [0.05, 0.1) is 18.7 Å². The number of fused-ring (bicyclic) bond motifs is 5. The van der Waals surface area contributed by atoms with Gasteiger partial charge >= 0.3 is 11.9 Å². The first kappa shape index (κ1) is 22.7. The fourth-order valence-corrected chi connectivity index (χ4v) is 5.29. The standard InChI is InChI=1S/C24H26N2O8/c1-3-11-10-26-7-6-12(11)8-16(26)18(27)17-14-9-13(32-2)4-5-15(14)25-22-21(17)33-23(30)19(28)20(29)24(31)34-22/h3-5,9,11-12,16,18-20,27-29H,1,6-8,10H2,2H3/t11-,12-,16+,18+,19?,20?/m0/s1. The van der Waals surface area contributed by atoms with E-state index in [1.165, 1.54) is 7.11 Å². The fraction of sp³-hybridized carbons (Fsp3) is 0.458. The fourth-order valence-electron chi connectivity index (χ4n) is 5.29. The molecule has 180 valence electrons. The van der Waals surface area contributed by atoms with Crippen LogP contribution < -0.4 is 14.2 Å². The average Bonchev–Trinajstić information content (AvgIpc) is 2.86. The van der Waals surface area contributed by atoms with Gasteiger partial charge in [0, 0.05) is 23.5 Å². The number of carbonyl (C=O) groups excluding carboxylic acids is 2. The number of aromatic nitrogens is 1. The van der Waals surface area contributed by atoms with Crippen LogP contribution in [0.15, 0.2) is 30.9 Å². The summed E-state index contributed by atoms with van der Waals surface area (Å²) >= 11 is 0. The summed E-state index contributed by atoms with van der Waals surface area (Å²) in [6, 6.07) is 4.66. The van der Waals surface area contributed by atoms with E-state index in [4.69, 9.17) is 14.2 Å². The minimum Gasteiger partial charge on any atom is -0.497 e. The van der Waals surface area contributed by atoms with Crippen molar-refractivity contribution in [2.75, 3.05) is 20.2 Å². The Bertz CT molecular complexity index is 1170. The van der Waals surface area contributed by atoms with E-state index < -0.39 is 30.3 Å². The summed E-state index contributed by atoms with van der Waals surface area (Å²) in [5.74, 6) is -1.94. The van der Waals surface area contributed by atoms with Gasteiger partial charge in [0.2, 0.25) is 0 Å². The molecule has 2 bridgehead atoms. The van der Waals surface area contributed by atoms with Gasteiger partial charge < -0.3 is 29.5 Å². The number of piperidine rings is 3. The van der Waals surface area contributed by atoms with Crippen molar-refractivity contribution >= 4 is 22.8 Å². The van der Waals surface area contributed by atoms with Crippen LogP contribution in [0.3, 0.4) is 0 Å². The van der Waals surface area contributed by atoms with Crippen LogP contribution in [0.1, 0.15) is 24.5 Å². The quantitative estimate of drug-likeness (QED) is 0.433. The third kappa shape index (κ3) is 3.63. The Balaban J connectivity index is 1.68. The number of aliphatic hydroxyl groups is 3. The van der Waals surface area contributed by atoms with Gasteiger partial charge in [0.15, 0.2) is 18.0 Å². The minimum atomic E-state index is -2.14. The van der Waals surface area contributed by atoms with Crippen molar-refractivity contribution < 1.29 is 39.1 Å². The molecule has 3 saturated heterocycles. The Morgan fingerprint density at radius 3 is 2.62 bits per heavy atom. The lowest BCUT2D eigenvalue weighted by Crippen LogP contribution is -2.55. The van der Waals surface area contributed by atoms with Crippen LogP contribution in [0.2, 0.25) is 0 Å². The number of methoxy groups -OCH3 is 1. The number of ether oxygens (including phenoxy) is 3. The molecule has 5 heterocycles. The summed E-state index contributed by atoms with van der Waals surface area (Å²) in [6.07, 6.45) is -1.74. The molecule has 1 aromatic heterocycles. The molecule has 4 aliphatic heterocycles. The number of rotatable bonds is 4. The first-order valence-corrected chi connectivity index (χ1v) is 11.2. The zero-order chi connectivity index (χ0) is 24.1. The smallest absolute Gasteiger partial charge is 0.345 e. The predicted octanol–water partition coefficient (Wildman–Crippen LogP) is 0.719. The van der Waals surface area contributed by atoms with Crippen LogP contribution in [0.4, 0.5) is 0 Å². The molecule has 6 rings (SSSR count). The van der Waals surface area contributed by atoms with Crippen LogP contribution in [0.25, 0.3) is 10.9 Å². The van der Waals surface area contributed by atoms with Gasteiger partial charge in [-0.2, -0.15) is 0 Å². The van der Waals surface area contributed by atoms with E-state index in [0.29, 0.717) is 34.9 Å². The zero-order valence-electron chi connectivity index (χ0n) is 18.6. The Hall–Kier alpha value is -3.05. The largest absolute Gasteiger partial charge is 0.497 e. The minimum absolute atomic E-state index is 0.205. The summed E-state index contributed by atoms with van der Waals surface area (Å²) in [5.41, 5.74) is 0.573. The van der Waals surface area contributed by atoms with Gasteiger partial charge in [-0.05, 0) is 49.4 Å². The van der Waals surface area contributed by atoms with E-state index in [2.05, 4.69) is 16.5 Å². The van der Waals surface area contributed by atoms with E-state index in [1.807, 2.05) is 6.08 Å². The van der Waals surface area contributed by atoms with E-state index in [1.54, 1.807) is 18.2 Å². The maximum atomic E-state index is 12.5. The molecule has 10 heteroatoms. The van der Waals surface area contributed by atoms with Crippen LogP contribution in [0, 0.1) is 11.8 Å². The normalized spacial score (nSPS) is 31.6. The molecule has 3 N–H and O–H groups in total. The van der Waals surface area contributed by atoms with Gasteiger partial charge in [-0.1, -0.05) is 6.08 Å². The molecule has 7 atom stereocenters. The molecule has 0 spiro atoms. The first-order chi connectivity index (χ1) is 16.3. The van der Waals surface area contributed by atoms with Crippen molar-refractivity contribution in [3.63, 3.8) is 0 Å². The SMILES string of the molecule is C=C[C@H]1CN2CC[C@H]1C[C@@H]2[C@@H](O)c1c2c(nc3ccc(OC)cc13)OC(=O)C(O)C(O)C(=O)O2. The van der Waals surface area contributed by atoms with Gasteiger partial charge in [-0.15, -0.1) is 6.58 Å². The molecule has 2 aromatic rings. The average molecular weight is 470 g/mol. The number of carbonyl (C=O) groups is 2. The van der Waals surface area contributed by atoms with Crippen LogP contribution in [-0.4, -0.2) is 75.6 Å². The maximum absolute atomic E-state index is 12.5. The highest BCUT2D eigenvalue weighted by Crippen LogP contribution is 2.47. The molecule has 1 aromatic carbocycles. The summed E-state index contributed by atoms with van der Waals surface area (Å²) in [7, 11) is 1.50. The van der Waals surface area contributed by atoms with Crippen molar-refractivity contribution in [2.45, 2.75) is 37.2 Å². The Labute approximate surface area is 195 Å². The molecule has 3 unspecified atom stereocenters. The number of pyridine rings is 1. The monoisotopic (exact) mass is 470 g/mol. The van der Waals surface area contributed by atoms with E-state index in [-0.39, 0.29) is 23.2 Å². The first-order valence-electron chi connectivity index (χ1n) is 11.2. The van der Waals surface area contributed by atoms with Crippen molar-refractivity contribution in [3.05, 3.63) is 36.4 Å². The molecular weight excluding hydrogens is 444 g/mol. The molecule has 4 aliphatic rings. The second kappa shape index (κ2) is 8.62. The number of aliphatic hydroxyl groups excluding tert-OH is 3. The Morgan fingerprint density at radius 1 is 1.24 bits per heavy atom. The van der Waals surface area contributed by atoms with Crippen molar-refractivity contribution in [3.8, 4) is 17.4 Å². The van der Waals surface area contributed by atoms with Crippen LogP contribution in [0.5, 0.6) is 17.4 Å². The molecule has 34 heavy (non-hydrogen) atoms. The second-order valence-corrected chi connectivity index (χ2v) is 8.97. The topological polar surface area (TPSA) is 139 Å². The van der Waals surface area contributed by atoms with E-state index in [9.17, 15) is 24.9 Å². The number of hydrogen-bond acceptors (Lipinski definition) is 10. The lowest BCUT2D eigenvalue weighted by Gasteiger charge is -2.50. The summed E-state index contributed by atoms with van der Waals surface area (Å²) < 4.78 is 15.9. The highest BCUT2D eigenvalue weighted by atomic mass is 16.6. The van der Waals surface area contributed by atoms with Crippen molar-refractivity contribution in [2.24, 2.45) is 11.8 Å². The molecule has 10 nitrogen and oxygen atoms in total. The summed E-state index contributed by atoms with van der Waals surface area (Å²) in [6.45, 7) is 5.50. The molecule has 3 fully saturated rings. The van der Waals surface area contributed by atoms with E-state index in [0.717, 1.165) is 19.5 Å². The lowest BCUT2D eigenvalue weighted by atomic mass is 9.73. The molecule has 0 saturated carbocycles. The van der Waals surface area contributed by atoms with Gasteiger partial charge in [-0.3, -0.25) is 4.90 Å². The second-order valence-electron chi connectivity index (χ2n) is 8.97. The number of benzene rings is 1. The highest BCUT2D eigenvalue weighted by Gasteiger charge is 2.45. The predicted molar refractivity (Wildman–Crippen MR) is 118 cm³/mol. The van der Waals surface area contributed by atoms with Crippen LogP contribution >= 0.6 is 0 Å². The molecule has 0 radical (unpaired) electrons. The third-order valence-electron chi connectivity index (χ3n) is 7.15. The van der Waals surface area contributed by atoms with Crippen LogP contribution in [-0.2, 0) is 9.59 Å².